The van der Waals surface area contributed by atoms with Crippen LogP contribution in [0.5, 0.6) is 0 Å². The molecule has 0 spiro atoms. The molecule has 0 radical (unpaired) electrons. The van der Waals surface area contributed by atoms with Crippen LogP contribution in [0.25, 0.3) is 0 Å². The second-order valence-electron chi connectivity index (χ2n) is 6.05. The van der Waals surface area contributed by atoms with Gasteiger partial charge in [0.05, 0.1) is 11.9 Å². The van der Waals surface area contributed by atoms with Crippen molar-refractivity contribution in [2.45, 2.75) is 45.3 Å². The summed E-state index contributed by atoms with van der Waals surface area (Å²) in [5.74, 6) is 0. The fourth-order valence-corrected chi connectivity index (χ4v) is 3.01. The minimum atomic E-state index is 0.560. The number of aromatic nitrogens is 3. The highest BCUT2D eigenvalue weighted by Crippen LogP contribution is 2.17. The summed E-state index contributed by atoms with van der Waals surface area (Å²) in [4.78, 5) is 6.70. The average molecular weight is 299 g/mol. The molecule has 5 heteroatoms. The summed E-state index contributed by atoms with van der Waals surface area (Å²) >= 11 is 0. The Hall–Kier alpha value is -1.88. The Morgan fingerprint density at radius 3 is 2.86 bits per heavy atom. The van der Waals surface area contributed by atoms with Crippen LogP contribution in [-0.2, 0) is 13.1 Å². The smallest absolute Gasteiger partial charge is 0.0728 e. The van der Waals surface area contributed by atoms with Gasteiger partial charge in [0.2, 0.25) is 0 Å². The zero-order chi connectivity index (χ0) is 15.2. The molecule has 0 bridgehead atoms. The highest BCUT2D eigenvalue weighted by Gasteiger charge is 2.19. The molecule has 0 unspecified atom stereocenters. The van der Waals surface area contributed by atoms with Crippen molar-refractivity contribution < 1.29 is 0 Å². The molecule has 1 aliphatic heterocycles. The summed E-state index contributed by atoms with van der Waals surface area (Å²) in [7, 11) is 0. The van der Waals surface area contributed by atoms with Gasteiger partial charge in [-0.3, -0.25) is 14.6 Å². The van der Waals surface area contributed by atoms with Crippen molar-refractivity contribution in [3.05, 3.63) is 42.5 Å². The Labute approximate surface area is 132 Å². The predicted octanol–water partition coefficient (Wildman–Crippen LogP) is 2.76. The third-order valence-corrected chi connectivity index (χ3v) is 4.17. The summed E-state index contributed by atoms with van der Waals surface area (Å²) in [5.41, 5.74) is 2.45. The number of pyridine rings is 1. The van der Waals surface area contributed by atoms with E-state index in [0.717, 1.165) is 38.3 Å². The summed E-state index contributed by atoms with van der Waals surface area (Å²) in [6.07, 6.45) is 11.3. The number of aryl methyl sites for hydroxylation is 1. The number of piperidine rings is 1. The van der Waals surface area contributed by atoms with E-state index in [9.17, 15) is 0 Å². The van der Waals surface area contributed by atoms with Gasteiger partial charge in [0.15, 0.2) is 0 Å². The third-order valence-electron chi connectivity index (χ3n) is 4.17. The predicted molar refractivity (Wildman–Crippen MR) is 88.7 cm³/mol. The number of hydrogen-bond acceptors (Lipinski definition) is 4. The van der Waals surface area contributed by atoms with E-state index in [1.165, 1.54) is 18.4 Å². The molecule has 1 saturated heterocycles. The van der Waals surface area contributed by atoms with Gasteiger partial charge in [-0.2, -0.15) is 5.10 Å². The first-order chi connectivity index (χ1) is 10.8. The minimum Gasteiger partial charge on any atom is -0.380 e. The number of anilines is 1. The summed E-state index contributed by atoms with van der Waals surface area (Å²) in [6.45, 7) is 6.44. The molecule has 2 aromatic rings. The molecule has 2 aromatic heterocycles. The summed E-state index contributed by atoms with van der Waals surface area (Å²) in [6, 6.07) is 4.72. The monoisotopic (exact) mass is 299 g/mol. The van der Waals surface area contributed by atoms with Crippen LogP contribution in [0.3, 0.4) is 0 Å². The van der Waals surface area contributed by atoms with Crippen LogP contribution < -0.4 is 5.32 Å². The molecule has 0 saturated carbocycles. The Morgan fingerprint density at radius 1 is 1.27 bits per heavy atom. The number of hydrogen-bond donors (Lipinski definition) is 1. The van der Waals surface area contributed by atoms with Crippen molar-refractivity contribution in [1.82, 2.24) is 19.7 Å². The molecule has 0 atom stereocenters. The number of rotatable bonds is 6. The zero-order valence-corrected chi connectivity index (χ0v) is 13.3. The quantitative estimate of drug-likeness (QED) is 0.891. The first-order valence-corrected chi connectivity index (χ1v) is 8.23. The molecule has 0 amide bonds. The van der Waals surface area contributed by atoms with E-state index >= 15 is 0 Å². The molecular weight excluding hydrogens is 274 g/mol. The Morgan fingerprint density at radius 2 is 2.14 bits per heavy atom. The highest BCUT2D eigenvalue weighted by atomic mass is 15.3. The van der Waals surface area contributed by atoms with Gasteiger partial charge in [-0.1, -0.05) is 13.0 Å². The van der Waals surface area contributed by atoms with Gasteiger partial charge in [-0.25, -0.2) is 0 Å². The maximum absolute atomic E-state index is 4.38. The van der Waals surface area contributed by atoms with Crippen molar-refractivity contribution in [3.8, 4) is 0 Å². The molecule has 118 valence electrons. The van der Waals surface area contributed by atoms with Crippen molar-refractivity contribution in [1.29, 1.82) is 0 Å². The number of nitrogens with zero attached hydrogens (tertiary/aromatic N) is 4. The maximum Gasteiger partial charge on any atom is 0.0728 e. The van der Waals surface area contributed by atoms with Crippen LogP contribution in [0.15, 0.2) is 36.9 Å². The molecule has 0 aliphatic carbocycles. The van der Waals surface area contributed by atoms with Gasteiger partial charge < -0.3 is 5.32 Å². The maximum atomic E-state index is 4.38. The second-order valence-corrected chi connectivity index (χ2v) is 6.05. The second kappa shape index (κ2) is 7.40. The first kappa shape index (κ1) is 15.0. The van der Waals surface area contributed by atoms with Crippen molar-refractivity contribution in [3.63, 3.8) is 0 Å². The van der Waals surface area contributed by atoms with Gasteiger partial charge in [0.1, 0.15) is 0 Å². The molecule has 3 heterocycles. The van der Waals surface area contributed by atoms with E-state index in [1.54, 1.807) is 0 Å². The van der Waals surface area contributed by atoms with Gasteiger partial charge in [-0.05, 0) is 30.9 Å². The fourth-order valence-electron chi connectivity index (χ4n) is 3.01. The van der Waals surface area contributed by atoms with E-state index in [-0.39, 0.29) is 0 Å². The first-order valence-electron chi connectivity index (χ1n) is 8.23. The lowest BCUT2D eigenvalue weighted by molar-refractivity contribution is 0.211. The van der Waals surface area contributed by atoms with Gasteiger partial charge in [0.25, 0.3) is 0 Å². The van der Waals surface area contributed by atoms with E-state index in [1.807, 2.05) is 29.3 Å². The summed E-state index contributed by atoms with van der Waals surface area (Å²) < 4.78 is 2.01. The largest absolute Gasteiger partial charge is 0.380 e. The molecule has 1 N–H and O–H groups in total. The molecule has 0 aromatic carbocycles. The van der Waals surface area contributed by atoms with Crippen molar-refractivity contribution >= 4 is 5.69 Å². The number of nitrogens with one attached hydrogen (secondary N) is 1. The topological polar surface area (TPSA) is 46.0 Å². The Kier molecular flexibility index (Phi) is 5.06. The van der Waals surface area contributed by atoms with Crippen LogP contribution in [0.2, 0.25) is 0 Å². The standard InChI is InChI=1S/C17H25N5/c1-2-8-22-14-17(12-19-22)20-16-5-9-21(10-6-16)13-15-4-3-7-18-11-15/h3-4,7,11-12,14,16,20H,2,5-6,8-10,13H2,1H3. The van der Waals surface area contributed by atoms with Gasteiger partial charge in [-0.15, -0.1) is 0 Å². The third kappa shape index (κ3) is 4.07. The van der Waals surface area contributed by atoms with Crippen molar-refractivity contribution in [2.24, 2.45) is 0 Å². The van der Waals surface area contributed by atoms with Crippen LogP contribution in [0.1, 0.15) is 31.7 Å². The Balaban J connectivity index is 1.45. The lowest BCUT2D eigenvalue weighted by atomic mass is 10.0. The van der Waals surface area contributed by atoms with E-state index < -0.39 is 0 Å². The van der Waals surface area contributed by atoms with Crippen LogP contribution in [0.4, 0.5) is 5.69 Å². The Bertz CT molecular complexity index is 557. The lowest BCUT2D eigenvalue weighted by Gasteiger charge is -2.32. The normalized spacial score (nSPS) is 16.8. The van der Waals surface area contributed by atoms with Crippen LogP contribution in [0, 0.1) is 0 Å². The molecule has 1 aliphatic rings. The van der Waals surface area contributed by atoms with Gasteiger partial charge >= 0.3 is 0 Å². The van der Waals surface area contributed by atoms with Crippen LogP contribution in [-0.4, -0.2) is 38.8 Å². The molecular formula is C17H25N5. The molecule has 3 rings (SSSR count). The minimum absolute atomic E-state index is 0.560. The van der Waals surface area contributed by atoms with Gasteiger partial charge in [0, 0.05) is 50.8 Å². The van der Waals surface area contributed by atoms with E-state index in [4.69, 9.17) is 0 Å². The molecule has 5 nitrogen and oxygen atoms in total. The summed E-state index contributed by atoms with van der Waals surface area (Å²) in [5, 5.41) is 8.00. The highest BCUT2D eigenvalue weighted by molar-refractivity contribution is 5.39. The van der Waals surface area contributed by atoms with Crippen molar-refractivity contribution in [2.75, 3.05) is 18.4 Å². The SMILES string of the molecule is CCCn1cc(NC2CCN(Cc3cccnc3)CC2)cn1. The lowest BCUT2D eigenvalue weighted by Crippen LogP contribution is -2.38. The van der Waals surface area contributed by atoms with E-state index in [0.29, 0.717) is 6.04 Å². The average Bonchev–Trinajstić information content (AvgIpc) is 2.98. The van der Waals surface area contributed by atoms with E-state index in [2.05, 4.69) is 39.5 Å². The number of likely N-dealkylation sites (tertiary alicyclic amines) is 1. The van der Waals surface area contributed by atoms with Crippen LogP contribution >= 0.6 is 0 Å². The zero-order valence-electron chi connectivity index (χ0n) is 13.3. The fraction of sp³-hybridized carbons (Fsp3) is 0.529. The molecule has 22 heavy (non-hydrogen) atoms. The molecule has 1 fully saturated rings.